The van der Waals surface area contributed by atoms with Gasteiger partial charge >= 0.3 is 0 Å². The first-order chi connectivity index (χ1) is 8.90. The predicted octanol–water partition coefficient (Wildman–Crippen LogP) is -2.87. The summed E-state index contributed by atoms with van der Waals surface area (Å²) in [5.74, 6) is -1.75. The lowest BCUT2D eigenvalue weighted by atomic mass is 9.98. The number of nitrogens with one attached hydrogen (secondary N) is 1. The molecule has 0 saturated carbocycles. The number of hydrogen-bond donors (Lipinski definition) is 2. The number of hydrogen-bond acceptors (Lipinski definition) is 7. The topological polar surface area (TPSA) is 117 Å². The maximum absolute atomic E-state index is 11.2. The van der Waals surface area contributed by atoms with Crippen molar-refractivity contribution in [2.24, 2.45) is 0 Å². The molecule has 1 amide bonds. The summed E-state index contributed by atoms with van der Waals surface area (Å²) in [6.45, 7) is 2.76. The second kappa shape index (κ2) is 5.41. The minimum absolute atomic E-state index is 0.168. The minimum atomic E-state index is -1.39. The zero-order valence-electron chi connectivity index (χ0n) is 10.6. The van der Waals surface area contributed by atoms with Gasteiger partial charge < -0.3 is 34.5 Å². The number of fused-ring (bicyclic) bond motifs is 2. The quantitative estimate of drug-likeness (QED) is 0.566. The van der Waals surface area contributed by atoms with Gasteiger partial charge in [0.15, 0.2) is 6.29 Å². The number of aliphatic carboxylic acids is 1. The SMILES string of the molecule is CC(=O)N[C@@H]1[C@H]2OC[C@H](O2)[C@H](O)[C@H]1O[C@H](C)C(=O)[O-]. The Kier molecular flexibility index (Phi) is 4.04. The third-order valence-electron chi connectivity index (χ3n) is 3.16. The van der Waals surface area contributed by atoms with E-state index >= 15 is 0 Å². The average Bonchev–Trinajstić information content (AvgIpc) is 2.76. The van der Waals surface area contributed by atoms with Gasteiger partial charge in [0.1, 0.15) is 24.4 Å². The van der Waals surface area contributed by atoms with E-state index in [9.17, 15) is 19.8 Å². The van der Waals surface area contributed by atoms with Gasteiger partial charge in [0.2, 0.25) is 5.91 Å². The molecule has 0 aromatic carbocycles. The van der Waals surface area contributed by atoms with Gasteiger partial charge in [0.25, 0.3) is 0 Å². The van der Waals surface area contributed by atoms with E-state index in [4.69, 9.17) is 14.2 Å². The van der Waals surface area contributed by atoms with Crippen LogP contribution in [-0.4, -0.2) is 60.3 Å². The highest BCUT2D eigenvalue weighted by molar-refractivity contribution is 5.73. The summed E-state index contributed by atoms with van der Waals surface area (Å²) in [6, 6.07) is -0.770. The lowest BCUT2D eigenvalue weighted by Gasteiger charge is -2.39. The highest BCUT2D eigenvalue weighted by Crippen LogP contribution is 2.30. The van der Waals surface area contributed by atoms with E-state index < -0.39 is 42.7 Å². The molecular formula is C11H16NO7-. The van der Waals surface area contributed by atoms with Gasteiger partial charge in [-0.1, -0.05) is 0 Å². The van der Waals surface area contributed by atoms with E-state index in [1.165, 1.54) is 13.8 Å². The summed E-state index contributed by atoms with van der Waals surface area (Å²) >= 11 is 0. The van der Waals surface area contributed by atoms with E-state index in [1.807, 2.05) is 0 Å². The summed E-state index contributed by atoms with van der Waals surface area (Å²) < 4.78 is 15.9. The Morgan fingerprint density at radius 2 is 2.21 bits per heavy atom. The van der Waals surface area contributed by atoms with E-state index in [0.29, 0.717) is 0 Å². The third-order valence-corrected chi connectivity index (χ3v) is 3.16. The molecule has 2 rings (SSSR count). The van der Waals surface area contributed by atoms with Crippen LogP contribution in [0.15, 0.2) is 0 Å². The van der Waals surface area contributed by atoms with Crippen molar-refractivity contribution >= 4 is 11.9 Å². The molecule has 108 valence electrons. The molecule has 2 fully saturated rings. The summed E-state index contributed by atoms with van der Waals surface area (Å²) in [7, 11) is 0. The summed E-state index contributed by atoms with van der Waals surface area (Å²) in [6.07, 6.45) is -4.57. The summed E-state index contributed by atoms with van der Waals surface area (Å²) in [5, 5.41) is 23.3. The Morgan fingerprint density at radius 1 is 1.53 bits per heavy atom. The minimum Gasteiger partial charge on any atom is -0.547 e. The Balaban J connectivity index is 2.14. The first-order valence-electron chi connectivity index (χ1n) is 5.98. The van der Waals surface area contributed by atoms with Crippen molar-refractivity contribution in [3.05, 3.63) is 0 Å². The fourth-order valence-corrected chi connectivity index (χ4v) is 2.23. The largest absolute Gasteiger partial charge is 0.547 e. The number of ether oxygens (including phenoxy) is 3. The second-order valence-corrected chi connectivity index (χ2v) is 4.66. The fraction of sp³-hybridized carbons (Fsp3) is 0.818. The molecule has 0 aromatic rings. The molecule has 19 heavy (non-hydrogen) atoms. The molecule has 2 heterocycles. The molecule has 0 aromatic heterocycles. The Hall–Kier alpha value is -1.22. The number of amides is 1. The fourth-order valence-electron chi connectivity index (χ4n) is 2.23. The third kappa shape index (κ3) is 2.86. The monoisotopic (exact) mass is 274 g/mol. The molecule has 2 saturated heterocycles. The van der Waals surface area contributed by atoms with Crippen LogP contribution in [0.3, 0.4) is 0 Å². The van der Waals surface area contributed by atoms with Gasteiger partial charge in [0.05, 0.1) is 18.7 Å². The van der Waals surface area contributed by atoms with Gasteiger partial charge in [-0.2, -0.15) is 0 Å². The van der Waals surface area contributed by atoms with Crippen molar-refractivity contribution in [3.63, 3.8) is 0 Å². The number of rotatable bonds is 4. The van der Waals surface area contributed by atoms with Crippen LogP contribution < -0.4 is 10.4 Å². The zero-order valence-corrected chi connectivity index (χ0v) is 10.6. The highest BCUT2D eigenvalue weighted by atomic mass is 16.7. The van der Waals surface area contributed by atoms with Crippen LogP contribution >= 0.6 is 0 Å². The smallest absolute Gasteiger partial charge is 0.217 e. The molecule has 0 radical (unpaired) electrons. The van der Waals surface area contributed by atoms with Crippen molar-refractivity contribution < 1.29 is 34.0 Å². The van der Waals surface area contributed by atoms with Crippen LogP contribution in [0.1, 0.15) is 13.8 Å². The molecule has 2 bridgehead atoms. The normalized spacial score (nSPS) is 38.8. The van der Waals surface area contributed by atoms with E-state index in [-0.39, 0.29) is 12.5 Å². The summed E-state index contributed by atoms with van der Waals surface area (Å²) in [5.41, 5.74) is 0. The summed E-state index contributed by atoms with van der Waals surface area (Å²) in [4.78, 5) is 21.9. The first kappa shape index (κ1) is 14.2. The van der Waals surface area contributed by atoms with Crippen LogP contribution in [0.25, 0.3) is 0 Å². The Morgan fingerprint density at radius 3 is 2.79 bits per heavy atom. The van der Waals surface area contributed by atoms with E-state index in [0.717, 1.165) is 0 Å². The molecule has 8 heteroatoms. The van der Waals surface area contributed by atoms with Crippen LogP contribution in [0.4, 0.5) is 0 Å². The highest BCUT2D eigenvalue weighted by Gasteiger charge is 2.51. The van der Waals surface area contributed by atoms with Crippen LogP contribution in [0, 0.1) is 0 Å². The number of aliphatic hydroxyl groups excluding tert-OH is 1. The van der Waals surface area contributed by atoms with Gasteiger partial charge in [-0.15, -0.1) is 0 Å². The molecule has 8 nitrogen and oxygen atoms in total. The molecule has 0 unspecified atom stereocenters. The number of carbonyl (C=O) groups is 2. The molecule has 2 aliphatic rings. The van der Waals surface area contributed by atoms with Crippen molar-refractivity contribution in [1.82, 2.24) is 5.32 Å². The molecule has 0 aliphatic carbocycles. The predicted molar refractivity (Wildman–Crippen MR) is 57.6 cm³/mol. The van der Waals surface area contributed by atoms with Crippen molar-refractivity contribution in [2.45, 2.75) is 50.6 Å². The number of carboxylic acid groups (broad SMARTS) is 1. The molecule has 2 N–H and O–H groups in total. The van der Waals surface area contributed by atoms with Crippen LogP contribution in [0.5, 0.6) is 0 Å². The lowest BCUT2D eigenvalue weighted by Crippen LogP contribution is -2.62. The van der Waals surface area contributed by atoms with Crippen molar-refractivity contribution in [3.8, 4) is 0 Å². The van der Waals surface area contributed by atoms with E-state index in [2.05, 4.69) is 5.32 Å². The van der Waals surface area contributed by atoms with Gasteiger partial charge in [-0.3, -0.25) is 4.79 Å². The van der Waals surface area contributed by atoms with Gasteiger partial charge in [-0.25, -0.2) is 0 Å². The lowest BCUT2D eigenvalue weighted by molar-refractivity contribution is -0.320. The first-order valence-corrected chi connectivity index (χ1v) is 5.98. The molecular weight excluding hydrogens is 258 g/mol. The maximum atomic E-state index is 11.2. The molecule has 0 spiro atoms. The van der Waals surface area contributed by atoms with Gasteiger partial charge in [0, 0.05) is 6.92 Å². The Bertz CT molecular complexity index is 374. The average molecular weight is 274 g/mol. The molecule has 6 atom stereocenters. The number of aliphatic hydroxyl groups is 1. The van der Waals surface area contributed by atoms with E-state index in [1.54, 1.807) is 0 Å². The van der Waals surface area contributed by atoms with Crippen LogP contribution in [-0.2, 0) is 23.8 Å². The standard InChI is InChI=1S/C11H17NO7/c1-4(10(15)16)18-9-7(12-5(2)13)11-17-3-6(19-11)8(9)14/h4,6-9,11,14H,3H2,1-2H3,(H,12,13)(H,15,16)/p-1/t4-,6+,7+,8+,9+,11+/m1/s1. The molecule has 2 aliphatic heterocycles. The van der Waals surface area contributed by atoms with Crippen LogP contribution in [0.2, 0.25) is 0 Å². The Labute approximate surface area is 109 Å². The van der Waals surface area contributed by atoms with Gasteiger partial charge in [-0.05, 0) is 6.92 Å². The van der Waals surface area contributed by atoms with Crippen molar-refractivity contribution in [2.75, 3.05) is 6.61 Å². The number of carbonyl (C=O) groups excluding carboxylic acids is 2. The number of carboxylic acids is 1. The maximum Gasteiger partial charge on any atom is 0.217 e. The second-order valence-electron chi connectivity index (χ2n) is 4.66. The van der Waals surface area contributed by atoms with Crippen molar-refractivity contribution in [1.29, 1.82) is 0 Å². The zero-order chi connectivity index (χ0) is 14.2.